The zero-order valence-corrected chi connectivity index (χ0v) is 12.5. The van der Waals surface area contributed by atoms with Gasteiger partial charge in [0.2, 0.25) is 0 Å². The molecule has 1 nitrogen and oxygen atoms in total. The number of benzene rings is 1. The average molecular weight is 392 g/mol. The van der Waals surface area contributed by atoms with Gasteiger partial charge in [-0.2, -0.15) is 13.2 Å². The van der Waals surface area contributed by atoms with Crippen LogP contribution < -0.4 is 0 Å². The van der Waals surface area contributed by atoms with Crippen LogP contribution in [0.3, 0.4) is 0 Å². The van der Waals surface area contributed by atoms with Crippen LogP contribution in [0, 0.1) is 0 Å². The summed E-state index contributed by atoms with van der Waals surface area (Å²) in [6.07, 6.45) is 0. The molecule has 7 heteroatoms. The average Bonchev–Trinajstić information content (AvgIpc) is 2.12. The lowest BCUT2D eigenvalue weighted by molar-refractivity contribution is -0.116. The molecule has 0 aliphatic heterocycles. The summed E-state index contributed by atoms with van der Waals surface area (Å²) in [5, 5.41) is 0. The summed E-state index contributed by atoms with van der Waals surface area (Å²) in [7, 11) is 0. The van der Waals surface area contributed by atoms with Crippen molar-refractivity contribution in [3.63, 3.8) is 0 Å². The molecule has 0 N–H and O–H groups in total. The molecule has 0 amide bonds. The van der Waals surface area contributed by atoms with Gasteiger partial charge >= 0.3 is 5.51 Å². The minimum absolute atomic E-state index is 0.0487. The van der Waals surface area contributed by atoms with Crippen molar-refractivity contribution in [2.24, 2.45) is 0 Å². The topological polar surface area (TPSA) is 17.1 Å². The van der Waals surface area contributed by atoms with Crippen molar-refractivity contribution in [3.05, 3.63) is 28.2 Å². The third-order valence-corrected chi connectivity index (χ3v) is 4.11. The second kappa shape index (κ2) is 5.75. The summed E-state index contributed by atoms with van der Waals surface area (Å²) in [5.41, 5.74) is -3.84. The number of thioether (sulfide) groups is 1. The van der Waals surface area contributed by atoms with E-state index in [9.17, 15) is 18.0 Å². The lowest BCUT2D eigenvalue weighted by atomic mass is 10.1. The first kappa shape index (κ1) is 15.0. The van der Waals surface area contributed by atoms with Crippen LogP contribution in [0.1, 0.15) is 17.3 Å². The van der Waals surface area contributed by atoms with E-state index in [4.69, 9.17) is 0 Å². The first-order chi connectivity index (χ1) is 7.69. The van der Waals surface area contributed by atoms with E-state index in [-0.39, 0.29) is 22.4 Å². The van der Waals surface area contributed by atoms with Gasteiger partial charge in [-0.1, -0.05) is 31.9 Å². The standard InChI is InChI=1S/C10H7Br2F3OS/c1-5(16)9(12)6-2-7(11)4-8(3-6)17-10(13,14)15/h2-4,9H,1H3. The molecule has 1 rings (SSSR count). The predicted octanol–water partition coefficient (Wildman–Crippen LogP) is 5.09. The lowest BCUT2D eigenvalue weighted by Crippen LogP contribution is -2.03. The fraction of sp³-hybridized carbons (Fsp3) is 0.300. The van der Waals surface area contributed by atoms with Crippen LogP contribution >= 0.6 is 43.6 Å². The molecule has 0 radical (unpaired) electrons. The van der Waals surface area contributed by atoms with Crippen LogP contribution in [0.25, 0.3) is 0 Å². The molecule has 0 aromatic heterocycles. The monoisotopic (exact) mass is 390 g/mol. The van der Waals surface area contributed by atoms with E-state index in [1.54, 1.807) is 6.07 Å². The van der Waals surface area contributed by atoms with Crippen LogP contribution in [0.15, 0.2) is 27.6 Å². The number of ketones is 1. The molecule has 1 aromatic carbocycles. The van der Waals surface area contributed by atoms with E-state index >= 15 is 0 Å². The number of hydrogen-bond donors (Lipinski definition) is 0. The largest absolute Gasteiger partial charge is 0.446 e. The number of Topliss-reactive ketones (excluding diaryl/α,β-unsaturated/α-hetero) is 1. The quantitative estimate of drug-likeness (QED) is 0.527. The highest BCUT2D eigenvalue weighted by Crippen LogP contribution is 2.39. The van der Waals surface area contributed by atoms with Crippen LogP contribution in [0.2, 0.25) is 0 Å². The number of halogens is 5. The Balaban J connectivity index is 3.06. The van der Waals surface area contributed by atoms with Gasteiger partial charge in [0.15, 0.2) is 0 Å². The van der Waals surface area contributed by atoms with Crippen molar-refractivity contribution >= 4 is 49.4 Å². The highest BCUT2D eigenvalue weighted by molar-refractivity contribution is 9.10. The van der Waals surface area contributed by atoms with Crippen LogP contribution in [-0.2, 0) is 4.79 Å². The molecule has 0 spiro atoms. The van der Waals surface area contributed by atoms with Gasteiger partial charge in [0.25, 0.3) is 0 Å². The summed E-state index contributed by atoms with van der Waals surface area (Å²) in [6, 6.07) is 4.33. The van der Waals surface area contributed by atoms with Gasteiger partial charge in [0.05, 0.1) is 4.83 Å². The second-order valence-electron chi connectivity index (χ2n) is 3.24. The van der Waals surface area contributed by atoms with Gasteiger partial charge < -0.3 is 0 Å². The predicted molar refractivity (Wildman–Crippen MR) is 68.4 cm³/mol. The number of hydrogen-bond acceptors (Lipinski definition) is 2. The zero-order valence-electron chi connectivity index (χ0n) is 8.52. The number of carbonyl (C=O) groups excluding carboxylic acids is 1. The van der Waals surface area contributed by atoms with Crippen LogP contribution in [0.4, 0.5) is 13.2 Å². The smallest absolute Gasteiger partial charge is 0.298 e. The Hall–Kier alpha value is -0.0100. The molecule has 0 saturated carbocycles. The molecule has 0 fully saturated rings. The molecule has 0 heterocycles. The third-order valence-electron chi connectivity index (χ3n) is 1.78. The van der Waals surface area contributed by atoms with Gasteiger partial charge in [-0.25, -0.2) is 0 Å². The molecule has 17 heavy (non-hydrogen) atoms. The van der Waals surface area contributed by atoms with E-state index in [2.05, 4.69) is 31.9 Å². The highest BCUT2D eigenvalue weighted by atomic mass is 79.9. The van der Waals surface area contributed by atoms with Crippen molar-refractivity contribution in [3.8, 4) is 0 Å². The fourth-order valence-electron chi connectivity index (χ4n) is 1.16. The third kappa shape index (κ3) is 5.01. The molecule has 0 bridgehead atoms. The number of rotatable bonds is 3. The van der Waals surface area contributed by atoms with Gasteiger partial charge in [0.1, 0.15) is 5.78 Å². The first-order valence-electron chi connectivity index (χ1n) is 4.40. The Morgan fingerprint density at radius 2 is 1.94 bits per heavy atom. The molecular weight excluding hydrogens is 385 g/mol. The Bertz CT molecular complexity index is 434. The molecule has 1 aromatic rings. The number of carbonyl (C=O) groups is 1. The Morgan fingerprint density at radius 3 is 2.41 bits per heavy atom. The van der Waals surface area contributed by atoms with Gasteiger partial charge in [-0.15, -0.1) is 0 Å². The first-order valence-corrected chi connectivity index (χ1v) is 6.92. The highest BCUT2D eigenvalue weighted by Gasteiger charge is 2.29. The zero-order chi connectivity index (χ0) is 13.2. The van der Waals surface area contributed by atoms with Gasteiger partial charge in [-0.05, 0) is 42.4 Å². The maximum Gasteiger partial charge on any atom is 0.446 e. The lowest BCUT2D eigenvalue weighted by Gasteiger charge is -2.11. The summed E-state index contributed by atoms with van der Waals surface area (Å²) in [6.45, 7) is 1.37. The molecule has 1 atom stereocenters. The van der Waals surface area contributed by atoms with Crippen molar-refractivity contribution in [1.29, 1.82) is 0 Å². The number of alkyl halides is 4. The van der Waals surface area contributed by atoms with Crippen molar-refractivity contribution in [1.82, 2.24) is 0 Å². The summed E-state index contributed by atoms with van der Waals surface area (Å²) < 4.78 is 37.2. The van der Waals surface area contributed by atoms with Gasteiger partial charge in [-0.3, -0.25) is 4.79 Å². The normalized spacial score (nSPS) is 13.5. The minimum Gasteiger partial charge on any atom is -0.298 e. The van der Waals surface area contributed by atoms with E-state index in [0.29, 0.717) is 10.0 Å². The molecule has 0 aliphatic carbocycles. The van der Waals surface area contributed by atoms with Crippen molar-refractivity contribution < 1.29 is 18.0 Å². The Labute approximate surface area is 117 Å². The fourth-order valence-corrected chi connectivity index (χ4v) is 2.73. The summed E-state index contributed by atoms with van der Waals surface area (Å²) in [5.74, 6) is -0.161. The summed E-state index contributed by atoms with van der Waals surface area (Å²) in [4.78, 5) is 10.6. The molecule has 0 saturated heterocycles. The second-order valence-corrected chi connectivity index (χ2v) is 6.21. The van der Waals surface area contributed by atoms with Crippen LogP contribution in [0.5, 0.6) is 0 Å². The van der Waals surface area contributed by atoms with E-state index in [1.165, 1.54) is 19.1 Å². The van der Waals surface area contributed by atoms with Crippen molar-refractivity contribution in [2.45, 2.75) is 22.2 Å². The minimum atomic E-state index is -4.34. The van der Waals surface area contributed by atoms with E-state index in [1.807, 2.05) is 0 Å². The maximum atomic E-state index is 12.2. The maximum absolute atomic E-state index is 12.2. The van der Waals surface area contributed by atoms with Gasteiger partial charge in [0, 0.05) is 9.37 Å². The van der Waals surface area contributed by atoms with Crippen LogP contribution in [-0.4, -0.2) is 11.3 Å². The SMILES string of the molecule is CC(=O)C(Br)c1cc(Br)cc(SC(F)(F)F)c1. The molecule has 94 valence electrons. The Kier molecular flexibility index (Phi) is 5.09. The summed E-state index contributed by atoms with van der Waals surface area (Å²) >= 11 is 6.06. The van der Waals surface area contributed by atoms with E-state index < -0.39 is 10.3 Å². The molecule has 1 unspecified atom stereocenters. The van der Waals surface area contributed by atoms with Crippen molar-refractivity contribution in [2.75, 3.05) is 0 Å². The Morgan fingerprint density at radius 1 is 1.35 bits per heavy atom. The van der Waals surface area contributed by atoms with E-state index in [0.717, 1.165) is 0 Å². The molecular formula is C10H7Br2F3OS. The molecule has 0 aliphatic rings.